The van der Waals surface area contributed by atoms with Gasteiger partial charge in [-0.05, 0) is 18.6 Å². The minimum Gasteiger partial charge on any atom is -0.352 e. The van der Waals surface area contributed by atoms with Gasteiger partial charge in [0.25, 0.3) is 5.91 Å². The molecule has 0 atom stereocenters. The molecule has 0 heterocycles. The maximum atomic E-state index is 12.1. The molecule has 0 radical (unpaired) electrons. The Balaban J connectivity index is 2.74. The van der Waals surface area contributed by atoms with E-state index >= 15 is 0 Å². The zero-order chi connectivity index (χ0) is 15.0. The van der Waals surface area contributed by atoms with Crippen LogP contribution in [0, 0.1) is 0 Å². The van der Waals surface area contributed by atoms with Crippen LogP contribution in [0.15, 0.2) is 29.2 Å². The van der Waals surface area contributed by atoms with Crippen LogP contribution in [0.5, 0.6) is 0 Å². The number of rotatable bonds is 8. The molecular weight excluding hydrogens is 274 g/mol. The number of carbonyl (C=O) groups is 1. The summed E-state index contributed by atoms with van der Waals surface area (Å²) in [6, 6.07) is 6.37. The van der Waals surface area contributed by atoms with Crippen molar-refractivity contribution in [3.63, 3.8) is 0 Å². The molecule has 0 aliphatic rings. The lowest BCUT2D eigenvalue weighted by atomic mass is 10.2. The monoisotopic (exact) mass is 297 g/mol. The van der Waals surface area contributed by atoms with Gasteiger partial charge in [-0.3, -0.25) is 4.79 Å². The van der Waals surface area contributed by atoms with Crippen LogP contribution in [-0.4, -0.2) is 26.6 Å². The SMILES string of the molecule is CCCCCCNC(=O)c1ccccc1S(=O)(=O)CC. The molecule has 0 fully saturated rings. The summed E-state index contributed by atoms with van der Waals surface area (Å²) >= 11 is 0. The fourth-order valence-corrected chi connectivity index (χ4v) is 3.02. The van der Waals surface area contributed by atoms with Crippen LogP contribution >= 0.6 is 0 Å². The molecule has 0 spiro atoms. The van der Waals surface area contributed by atoms with Gasteiger partial charge in [-0.1, -0.05) is 45.2 Å². The van der Waals surface area contributed by atoms with E-state index in [1.165, 1.54) is 6.07 Å². The Labute approximate surface area is 121 Å². The van der Waals surface area contributed by atoms with Gasteiger partial charge in [-0.25, -0.2) is 8.42 Å². The Morgan fingerprint density at radius 2 is 1.80 bits per heavy atom. The molecule has 112 valence electrons. The molecule has 0 aliphatic carbocycles. The van der Waals surface area contributed by atoms with Crippen LogP contribution in [0.2, 0.25) is 0 Å². The van der Waals surface area contributed by atoms with Gasteiger partial charge in [0.15, 0.2) is 9.84 Å². The molecule has 1 aromatic carbocycles. The Kier molecular flexibility index (Phi) is 6.71. The zero-order valence-corrected chi connectivity index (χ0v) is 13.0. The number of sulfone groups is 1. The molecule has 0 saturated heterocycles. The molecule has 0 saturated carbocycles. The van der Waals surface area contributed by atoms with E-state index in [4.69, 9.17) is 0 Å². The van der Waals surface area contributed by atoms with Crippen LogP contribution < -0.4 is 5.32 Å². The van der Waals surface area contributed by atoms with Gasteiger partial charge in [0, 0.05) is 6.54 Å². The predicted molar refractivity (Wildman–Crippen MR) is 80.6 cm³/mol. The normalized spacial score (nSPS) is 11.3. The maximum Gasteiger partial charge on any atom is 0.252 e. The Bertz CT molecular complexity index is 538. The largest absolute Gasteiger partial charge is 0.352 e. The third-order valence-corrected chi connectivity index (χ3v) is 4.95. The molecule has 20 heavy (non-hydrogen) atoms. The number of hydrogen-bond acceptors (Lipinski definition) is 3. The summed E-state index contributed by atoms with van der Waals surface area (Å²) in [5.41, 5.74) is 0.241. The average molecular weight is 297 g/mol. The van der Waals surface area contributed by atoms with E-state index in [9.17, 15) is 13.2 Å². The average Bonchev–Trinajstić information content (AvgIpc) is 2.47. The lowest BCUT2D eigenvalue weighted by Crippen LogP contribution is -2.26. The summed E-state index contributed by atoms with van der Waals surface area (Å²) in [5, 5.41) is 2.79. The Hall–Kier alpha value is -1.36. The molecule has 1 amide bonds. The summed E-state index contributed by atoms with van der Waals surface area (Å²) in [6.07, 6.45) is 4.29. The summed E-state index contributed by atoms with van der Waals surface area (Å²) < 4.78 is 23.9. The van der Waals surface area contributed by atoms with Crippen molar-refractivity contribution < 1.29 is 13.2 Å². The van der Waals surface area contributed by atoms with Crippen molar-refractivity contribution in [3.8, 4) is 0 Å². The first-order chi connectivity index (χ1) is 9.53. The standard InChI is InChI=1S/C15H23NO3S/c1-3-5-6-9-12-16-15(17)13-10-7-8-11-14(13)20(18,19)4-2/h7-8,10-11H,3-6,9,12H2,1-2H3,(H,16,17). The molecule has 1 N–H and O–H groups in total. The number of benzene rings is 1. The Morgan fingerprint density at radius 1 is 1.10 bits per heavy atom. The van der Waals surface area contributed by atoms with E-state index in [1.807, 2.05) is 0 Å². The zero-order valence-electron chi connectivity index (χ0n) is 12.2. The highest BCUT2D eigenvalue weighted by atomic mass is 32.2. The first-order valence-corrected chi connectivity index (χ1v) is 8.78. The molecule has 1 aromatic rings. The van der Waals surface area contributed by atoms with Crippen molar-refractivity contribution in [3.05, 3.63) is 29.8 Å². The van der Waals surface area contributed by atoms with E-state index in [0.29, 0.717) is 6.54 Å². The minimum absolute atomic E-state index is 0.00616. The van der Waals surface area contributed by atoms with Gasteiger partial charge < -0.3 is 5.32 Å². The minimum atomic E-state index is -3.37. The van der Waals surface area contributed by atoms with Crippen molar-refractivity contribution in [1.29, 1.82) is 0 Å². The summed E-state index contributed by atoms with van der Waals surface area (Å²) in [7, 11) is -3.37. The molecular formula is C15H23NO3S. The van der Waals surface area contributed by atoms with Crippen molar-refractivity contribution >= 4 is 15.7 Å². The molecule has 5 heteroatoms. The highest BCUT2D eigenvalue weighted by Crippen LogP contribution is 2.16. The molecule has 4 nitrogen and oxygen atoms in total. The fourth-order valence-electron chi connectivity index (χ4n) is 1.93. The van der Waals surface area contributed by atoms with E-state index in [-0.39, 0.29) is 22.1 Å². The van der Waals surface area contributed by atoms with Crippen molar-refractivity contribution in [2.75, 3.05) is 12.3 Å². The van der Waals surface area contributed by atoms with Crippen molar-refractivity contribution in [1.82, 2.24) is 5.32 Å². The molecule has 0 unspecified atom stereocenters. The van der Waals surface area contributed by atoms with Crippen molar-refractivity contribution in [2.24, 2.45) is 0 Å². The highest BCUT2D eigenvalue weighted by molar-refractivity contribution is 7.91. The van der Waals surface area contributed by atoms with Gasteiger partial charge in [0.2, 0.25) is 0 Å². The third kappa shape index (κ3) is 4.63. The first-order valence-electron chi connectivity index (χ1n) is 7.13. The summed E-state index contributed by atoms with van der Waals surface area (Å²) in [4.78, 5) is 12.2. The van der Waals surface area contributed by atoms with E-state index < -0.39 is 9.84 Å². The van der Waals surface area contributed by atoms with Gasteiger partial charge >= 0.3 is 0 Å². The number of hydrogen-bond donors (Lipinski definition) is 1. The lowest BCUT2D eigenvalue weighted by Gasteiger charge is -2.09. The van der Waals surface area contributed by atoms with Crippen LogP contribution in [-0.2, 0) is 9.84 Å². The highest BCUT2D eigenvalue weighted by Gasteiger charge is 2.19. The third-order valence-electron chi connectivity index (χ3n) is 3.16. The second-order valence-corrected chi connectivity index (χ2v) is 6.96. The lowest BCUT2D eigenvalue weighted by molar-refractivity contribution is 0.0949. The van der Waals surface area contributed by atoms with Crippen LogP contribution in [0.4, 0.5) is 0 Å². The summed E-state index contributed by atoms with van der Waals surface area (Å²) in [6.45, 7) is 4.29. The predicted octanol–water partition coefficient (Wildman–Crippen LogP) is 2.79. The fraction of sp³-hybridized carbons (Fsp3) is 0.533. The second-order valence-electron chi connectivity index (χ2n) is 4.72. The molecule has 0 bridgehead atoms. The van der Waals surface area contributed by atoms with E-state index in [2.05, 4.69) is 12.2 Å². The number of unbranched alkanes of at least 4 members (excludes halogenated alkanes) is 3. The van der Waals surface area contributed by atoms with E-state index in [0.717, 1.165) is 25.7 Å². The molecule has 0 aliphatic heterocycles. The Morgan fingerprint density at radius 3 is 2.45 bits per heavy atom. The number of carbonyl (C=O) groups excluding carboxylic acids is 1. The maximum absolute atomic E-state index is 12.1. The quantitative estimate of drug-likeness (QED) is 0.750. The van der Waals surface area contributed by atoms with Crippen LogP contribution in [0.1, 0.15) is 49.9 Å². The van der Waals surface area contributed by atoms with E-state index in [1.54, 1.807) is 25.1 Å². The van der Waals surface area contributed by atoms with Gasteiger partial charge in [0.05, 0.1) is 16.2 Å². The number of amides is 1. The second kappa shape index (κ2) is 8.04. The van der Waals surface area contributed by atoms with Crippen molar-refractivity contribution in [2.45, 2.75) is 44.4 Å². The first kappa shape index (κ1) is 16.7. The van der Waals surface area contributed by atoms with Gasteiger partial charge in [-0.2, -0.15) is 0 Å². The smallest absolute Gasteiger partial charge is 0.252 e. The van der Waals surface area contributed by atoms with Gasteiger partial charge in [-0.15, -0.1) is 0 Å². The number of nitrogens with one attached hydrogen (secondary N) is 1. The van der Waals surface area contributed by atoms with Gasteiger partial charge in [0.1, 0.15) is 0 Å². The van der Waals surface area contributed by atoms with Crippen LogP contribution in [0.25, 0.3) is 0 Å². The van der Waals surface area contributed by atoms with Crippen LogP contribution in [0.3, 0.4) is 0 Å². The summed E-state index contributed by atoms with van der Waals surface area (Å²) in [5.74, 6) is -0.317. The molecule has 1 rings (SSSR count). The topological polar surface area (TPSA) is 63.2 Å². The molecule has 0 aromatic heterocycles.